The van der Waals surface area contributed by atoms with Crippen molar-refractivity contribution in [2.75, 3.05) is 6.54 Å². The Hall–Kier alpha value is -0.620. The van der Waals surface area contributed by atoms with Gasteiger partial charge in [-0.25, -0.2) is 8.78 Å². The largest absolute Gasteiger partial charge is 0.325 e. The molecule has 6 heteroatoms. The summed E-state index contributed by atoms with van der Waals surface area (Å²) in [6, 6.07) is 1.44. The summed E-state index contributed by atoms with van der Waals surface area (Å²) in [4.78, 5) is 0. The number of halogens is 5. The first-order valence-corrected chi connectivity index (χ1v) is 4.41. The monoisotopic (exact) mass is 271 g/mol. The molecule has 2 N–H and O–H groups in total. The molecule has 1 nitrogen and oxygen atoms in total. The van der Waals surface area contributed by atoms with Crippen LogP contribution in [0.3, 0.4) is 0 Å². The minimum absolute atomic E-state index is 0.608. The van der Waals surface area contributed by atoms with Crippen molar-refractivity contribution in [1.82, 2.24) is 0 Å². The quantitative estimate of drug-likeness (QED) is 0.650. The Labute approximate surface area is 86.0 Å². The van der Waals surface area contributed by atoms with Gasteiger partial charge in [-0.05, 0) is 28.1 Å². The zero-order chi connectivity index (χ0) is 10.9. The number of alkyl halides is 2. The molecule has 0 aliphatic rings. The number of hydrogen-bond acceptors (Lipinski definition) is 1. The Morgan fingerprint density at radius 2 is 1.86 bits per heavy atom. The minimum Gasteiger partial charge on any atom is -0.325 e. The molecule has 1 aromatic carbocycles. The average Bonchev–Trinajstić information content (AvgIpc) is 2.14. The van der Waals surface area contributed by atoms with Crippen LogP contribution in [0.5, 0.6) is 0 Å². The van der Waals surface area contributed by atoms with E-state index in [9.17, 15) is 17.6 Å². The summed E-state index contributed by atoms with van der Waals surface area (Å²) >= 11 is 2.53. The van der Waals surface area contributed by atoms with Gasteiger partial charge in [-0.3, -0.25) is 0 Å². The van der Waals surface area contributed by atoms with Crippen molar-refractivity contribution in [2.45, 2.75) is 5.92 Å². The first-order chi connectivity index (χ1) is 6.40. The maximum absolute atomic E-state index is 13.1. The second kappa shape index (κ2) is 3.86. The van der Waals surface area contributed by atoms with E-state index < -0.39 is 34.1 Å². The number of benzene rings is 1. The Morgan fingerprint density at radius 1 is 1.29 bits per heavy atom. The number of hydrogen-bond donors (Lipinski definition) is 1. The van der Waals surface area contributed by atoms with Crippen LogP contribution in [0.2, 0.25) is 0 Å². The summed E-state index contributed by atoms with van der Waals surface area (Å²) in [5.74, 6) is -5.74. The third-order valence-electron chi connectivity index (χ3n) is 1.69. The van der Waals surface area contributed by atoms with Gasteiger partial charge in [0.25, 0.3) is 5.92 Å². The molecule has 0 aromatic heterocycles. The highest BCUT2D eigenvalue weighted by atomic mass is 79.9. The van der Waals surface area contributed by atoms with E-state index in [0.29, 0.717) is 6.07 Å². The van der Waals surface area contributed by atoms with Crippen molar-refractivity contribution in [3.63, 3.8) is 0 Å². The van der Waals surface area contributed by atoms with Crippen LogP contribution in [0.15, 0.2) is 16.6 Å². The third kappa shape index (κ3) is 1.90. The predicted molar refractivity (Wildman–Crippen MR) is 47.0 cm³/mol. The molecule has 14 heavy (non-hydrogen) atoms. The van der Waals surface area contributed by atoms with Crippen LogP contribution in [0.1, 0.15) is 5.56 Å². The first kappa shape index (κ1) is 11.5. The molecule has 78 valence electrons. The second-order valence-electron chi connectivity index (χ2n) is 2.63. The van der Waals surface area contributed by atoms with Crippen molar-refractivity contribution < 1.29 is 17.6 Å². The second-order valence-corrected chi connectivity index (χ2v) is 3.42. The highest BCUT2D eigenvalue weighted by molar-refractivity contribution is 9.10. The molecule has 0 aliphatic carbocycles. The Balaban J connectivity index is 3.31. The normalized spacial score (nSPS) is 11.9. The minimum atomic E-state index is -3.49. The van der Waals surface area contributed by atoms with Gasteiger partial charge in [-0.2, -0.15) is 8.78 Å². The third-order valence-corrected chi connectivity index (χ3v) is 2.41. The molecule has 0 amide bonds. The van der Waals surface area contributed by atoms with E-state index in [-0.39, 0.29) is 0 Å². The van der Waals surface area contributed by atoms with Crippen LogP contribution < -0.4 is 5.73 Å². The Bertz CT molecular complexity index is 353. The summed E-state index contributed by atoms with van der Waals surface area (Å²) in [7, 11) is 0. The molecule has 0 atom stereocenters. The standard InChI is InChI=1S/C8H6BrF4N/c9-6-5(10)2-1-4(7(6)11)8(12,13)3-14/h1-2H,3,14H2. The molecular formula is C8H6BrF4N. The number of nitrogens with two attached hydrogens (primary N) is 1. The van der Waals surface area contributed by atoms with Gasteiger partial charge in [0.2, 0.25) is 0 Å². The number of rotatable bonds is 2. The first-order valence-electron chi connectivity index (χ1n) is 3.62. The van der Waals surface area contributed by atoms with Gasteiger partial charge >= 0.3 is 0 Å². The Kier molecular flexibility index (Phi) is 3.16. The fourth-order valence-corrected chi connectivity index (χ4v) is 1.26. The highest BCUT2D eigenvalue weighted by Gasteiger charge is 2.34. The van der Waals surface area contributed by atoms with Crippen LogP contribution >= 0.6 is 15.9 Å². The molecule has 0 saturated carbocycles. The van der Waals surface area contributed by atoms with E-state index >= 15 is 0 Å². The fourth-order valence-electron chi connectivity index (χ4n) is 0.918. The molecule has 0 radical (unpaired) electrons. The van der Waals surface area contributed by atoms with Crippen molar-refractivity contribution in [3.8, 4) is 0 Å². The van der Waals surface area contributed by atoms with Gasteiger partial charge in [-0.1, -0.05) is 0 Å². The van der Waals surface area contributed by atoms with Crippen molar-refractivity contribution in [3.05, 3.63) is 33.8 Å². The molecule has 0 unspecified atom stereocenters. The SMILES string of the molecule is NCC(F)(F)c1ccc(F)c(Br)c1F. The van der Waals surface area contributed by atoms with E-state index in [0.717, 1.165) is 6.07 Å². The van der Waals surface area contributed by atoms with E-state index in [2.05, 4.69) is 15.9 Å². The summed E-state index contributed by atoms with van der Waals surface area (Å²) in [5.41, 5.74) is 3.86. The molecule has 0 aliphatic heterocycles. The summed E-state index contributed by atoms with van der Waals surface area (Å²) in [6.45, 7) is -1.03. The van der Waals surface area contributed by atoms with Crippen molar-refractivity contribution >= 4 is 15.9 Å². The van der Waals surface area contributed by atoms with Gasteiger partial charge in [0.15, 0.2) is 0 Å². The van der Waals surface area contributed by atoms with E-state index in [1.165, 1.54) is 0 Å². The summed E-state index contributed by atoms with van der Waals surface area (Å²) in [6.07, 6.45) is 0. The van der Waals surface area contributed by atoms with Crippen molar-refractivity contribution in [2.24, 2.45) is 5.73 Å². The molecule has 0 heterocycles. The Morgan fingerprint density at radius 3 is 2.36 bits per heavy atom. The molecule has 0 bridgehead atoms. The van der Waals surface area contributed by atoms with Crippen LogP contribution in [0.4, 0.5) is 17.6 Å². The van der Waals surface area contributed by atoms with Gasteiger partial charge < -0.3 is 5.73 Å². The molecule has 1 aromatic rings. The summed E-state index contributed by atoms with van der Waals surface area (Å²) < 4.78 is 51.1. The van der Waals surface area contributed by atoms with E-state index in [1.54, 1.807) is 0 Å². The maximum atomic E-state index is 13.1. The molecule has 0 fully saturated rings. The molecule has 1 rings (SSSR count). The zero-order valence-corrected chi connectivity index (χ0v) is 8.41. The fraction of sp³-hybridized carbons (Fsp3) is 0.250. The van der Waals surface area contributed by atoms with Crippen LogP contribution in [0.25, 0.3) is 0 Å². The van der Waals surface area contributed by atoms with Gasteiger partial charge in [0, 0.05) is 0 Å². The lowest BCUT2D eigenvalue weighted by Gasteiger charge is -2.15. The van der Waals surface area contributed by atoms with E-state index in [4.69, 9.17) is 5.73 Å². The smallest absolute Gasteiger partial charge is 0.288 e. The predicted octanol–water partition coefficient (Wildman–Crippen LogP) is 2.78. The lowest BCUT2D eigenvalue weighted by Crippen LogP contribution is -2.26. The summed E-state index contributed by atoms with van der Waals surface area (Å²) in [5, 5.41) is 0. The van der Waals surface area contributed by atoms with Gasteiger partial charge in [0.05, 0.1) is 16.6 Å². The van der Waals surface area contributed by atoms with Crippen LogP contribution in [0, 0.1) is 11.6 Å². The van der Waals surface area contributed by atoms with Gasteiger partial charge in [-0.15, -0.1) is 0 Å². The molecule has 0 saturated heterocycles. The topological polar surface area (TPSA) is 26.0 Å². The lowest BCUT2D eigenvalue weighted by atomic mass is 10.1. The van der Waals surface area contributed by atoms with E-state index in [1.807, 2.05) is 0 Å². The van der Waals surface area contributed by atoms with Crippen LogP contribution in [-0.4, -0.2) is 6.54 Å². The van der Waals surface area contributed by atoms with Crippen molar-refractivity contribution in [1.29, 1.82) is 0 Å². The van der Waals surface area contributed by atoms with Crippen LogP contribution in [-0.2, 0) is 5.92 Å². The molecule has 0 spiro atoms. The van der Waals surface area contributed by atoms with Gasteiger partial charge in [0.1, 0.15) is 11.6 Å². The lowest BCUT2D eigenvalue weighted by molar-refractivity contribution is 0.00216. The highest BCUT2D eigenvalue weighted by Crippen LogP contribution is 2.33. The molecular weight excluding hydrogens is 266 g/mol. The average molecular weight is 272 g/mol. The zero-order valence-electron chi connectivity index (χ0n) is 6.83. The maximum Gasteiger partial charge on any atom is 0.288 e.